The Bertz CT molecular complexity index is 603. The van der Waals surface area contributed by atoms with Crippen LogP contribution < -0.4 is 10.6 Å². The Labute approximate surface area is 148 Å². The lowest BCUT2D eigenvalue weighted by Crippen LogP contribution is -2.41. The van der Waals surface area contributed by atoms with Crippen molar-refractivity contribution in [2.24, 2.45) is 0 Å². The number of benzene rings is 1. The summed E-state index contributed by atoms with van der Waals surface area (Å²) in [7, 11) is 0. The van der Waals surface area contributed by atoms with Crippen LogP contribution in [-0.4, -0.2) is 55.5 Å². The molecule has 7 nitrogen and oxygen atoms in total. The number of morpholine rings is 1. The van der Waals surface area contributed by atoms with Crippen molar-refractivity contribution in [3.8, 4) is 0 Å². The molecule has 1 fully saturated rings. The van der Waals surface area contributed by atoms with Gasteiger partial charge in [0.15, 0.2) is 0 Å². The highest BCUT2D eigenvalue weighted by Crippen LogP contribution is 2.20. The van der Waals surface area contributed by atoms with E-state index < -0.39 is 0 Å². The van der Waals surface area contributed by atoms with Gasteiger partial charge in [-0.15, -0.1) is 0 Å². The molecular formula is C16H20BrN3O4. The van der Waals surface area contributed by atoms with Gasteiger partial charge in [-0.25, -0.2) is 0 Å². The number of hydrogen-bond donors (Lipinski definition) is 2. The van der Waals surface area contributed by atoms with Gasteiger partial charge >= 0.3 is 0 Å². The first-order valence-corrected chi connectivity index (χ1v) is 8.52. The summed E-state index contributed by atoms with van der Waals surface area (Å²) in [5.41, 5.74) is 0.638. The number of halogens is 1. The van der Waals surface area contributed by atoms with E-state index in [0.717, 1.165) is 4.47 Å². The molecule has 1 aromatic rings. The monoisotopic (exact) mass is 397 g/mol. The van der Waals surface area contributed by atoms with Gasteiger partial charge in [0.05, 0.1) is 25.4 Å². The average Bonchev–Trinajstić information content (AvgIpc) is 2.60. The van der Waals surface area contributed by atoms with Crippen LogP contribution in [-0.2, 0) is 19.1 Å². The molecule has 0 bridgehead atoms. The van der Waals surface area contributed by atoms with Gasteiger partial charge in [-0.05, 0) is 28.1 Å². The number of carbonyl (C=O) groups excluding carboxylic acids is 3. The van der Waals surface area contributed by atoms with Gasteiger partial charge in [0.1, 0.15) is 0 Å². The van der Waals surface area contributed by atoms with Crippen molar-refractivity contribution in [1.29, 1.82) is 0 Å². The van der Waals surface area contributed by atoms with Crippen molar-refractivity contribution in [1.82, 2.24) is 10.2 Å². The van der Waals surface area contributed by atoms with Crippen molar-refractivity contribution < 1.29 is 19.1 Å². The molecule has 1 aliphatic rings. The summed E-state index contributed by atoms with van der Waals surface area (Å²) in [4.78, 5) is 37.2. The maximum atomic E-state index is 11.9. The average molecular weight is 398 g/mol. The number of anilines is 1. The van der Waals surface area contributed by atoms with Gasteiger partial charge in [0.2, 0.25) is 17.7 Å². The summed E-state index contributed by atoms with van der Waals surface area (Å²) < 4.78 is 5.94. The number of nitrogens with zero attached hydrogens (tertiary/aromatic N) is 1. The highest BCUT2D eigenvalue weighted by atomic mass is 79.9. The number of nitrogens with one attached hydrogen (secondary N) is 2. The van der Waals surface area contributed by atoms with Crippen molar-refractivity contribution in [2.45, 2.75) is 12.8 Å². The van der Waals surface area contributed by atoms with Crippen molar-refractivity contribution in [3.63, 3.8) is 0 Å². The molecule has 0 aliphatic carbocycles. The Morgan fingerprint density at radius 1 is 1.08 bits per heavy atom. The van der Waals surface area contributed by atoms with E-state index in [1.165, 1.54) is 0 Å². The van der Waals surface area contributed by atoms with Gasteiger partial charge < -0.3 is 20.3 Å². The predicted molar refractivity (Wildman–Crippen MR) is 92.4 cm³/mol. The third-order valence-corrected chi connectivity index (χ3v) is 4.22. The fraction of sp³-hybridized carbons (Fsp3) is 0.438. The quantitative estimate of drug-likeness (QED) is 0.753. The zero-order chi connectivity index (χ0) is 17.4. The van der Waals surface area contributed by atoms with E-state index in [2.05, 4.69) is 26.6 Å². The summed E-state index contributed by atoms with van der Waals surface area (Å²) in [5, 5.41) is 5.21. The van der Waals surface area contributed by atoms with Gasteiger partial charge in [-0.3, -0.25) is 14.4 Å². The molecule has 0 radical (unpaired) electrons. The topological polar surface area (TPSA) is 87.7 Å². The smallest absolute Gasteiger partial charge is 0.243 e. The summed E-state index contributed by atoms with van der Waals surface area (Å²) in [5.74, 6) is -0.709. The molecule has 3 amide bonds. The molecule has 1 saturated heterocycles. The van der Waals surface area contributed by atoms with Crippen molar-refractivity contribution >= 4 is 39.3 Å². The molecule has 0 aromatic heterocycles. The van der Waals surface area contributed by atoms with E-state index in [9.17, 15) is 14.4 Å². The largest absolute Gasteiger partial charge is 0.378 e. The molecule has 130 valence electrons. The number of hydrogen-bond acceptors (Lipinski definition) is 4. The maximum absolute atomic E-state index is 11.9. The molecule has 1 aliphatic heterocycles. The number of para-hydroxylation sites is 1. The number of amides is 3. The molecule has 1 aromatic carbocycles. The van der Waals surface area contributed by atoms with Crippen LogP contribution in [0.15, 0.2) is 28.7 Å². The normalized spacial score (nSPS) is 14.1. The lowest BCUT2D eigenvalue weighted by atomic mass is 10.2. The van der Waals surface area contributed by atoms with Crippen LogP contribution >= 0.6 is 15.9 Å². The number of carbonyl (C=O) groups is 3. The summed E-state index contributed by atoms with van der Waals surface area (Å²) in [6.45, 7) is 2.07. The van der Waals surface area contributed by atoms with Gasteiger partial charge in [-0.1, -0.05) is 12.1 Å². The Balaban J connectivity index is 1.66. The number of ether oxygens (including phenoxy) is 1. The molecule has 2 N–H and O–H groups in total. The Morgan fingerprint density at radius 3 is 2.50 bits per heavy atom. The van der Waals surface area contributed by atoms with Gasteiger partial charge in [-0.2, -0.15) is 0 Å². The predicted octanol–water partition coefficient (Wildman–Crippen LogP) is 1.14. The molecule has 0 unspecified atom stereocenters. The molecule has 24 heavy (non-hydrogen) atoms. The van der Waals surface area contributed by atoms with Gasteiger partial charge in [0, 0.05) is 30.4 Å². The minimum atomic E-state index is -0.324. The van der Waals surface area contributed by atoms with Crippen LogP contribution in [0.3, 0.4) is 0 Å². The second-order valence-electron chi connectivity index (χ2n) is 5.30. The Morgan fingerprint density at radius 2 is 1.79 bits per heavy atom. The van der Waals surface area contributed by atoms with Crippen LogP contribution in [0.1, 0.15) is 12.8 Å². The third kappa shape index (κ3) is 5.93. The molecule has 0 saturated carbocycles. The zero-order valence-electron chi connectivity index (χ0n) is 13.2. The summed E-state index contributed by atoms with van der Waals surface area (Å²) in [6, 6.07) is 7.21. The first-order valence-electron chi connectivity index (χ1n) is 7.73. The van der Waals surface area contributed by atoms with E-state index in [4.69, 9.17) is 4.74 Å². The minimum Gasteiger partial charge on any atom is -0.378 e. The van der Waals surface area contributed by atoms with Gasteiger partial charge in [0.25, 0.3) is 0 Å². The highest BCUT2D eigenvalue weighted by molar-refractivity contribution is 9.10. The fourth-order valence-corrected chi connectivity index (χ4v) is 2.60. The standard InChI is InChI=1S/C16H20BrN3O4/c17-12-3-1-2-4-13(12)19-15(22)11-18-14(21)5-6-16(23)20-7-9-24-10-8-20/h1-4H,5-11H2,(H,18,21)(H,19,22). The molecular weight excluding hydrogens is 378 g/mol. The van der Waals surface area contributed by atoms with Crippen LogP contribution in [0.25, 0.3) is 0 Å². The van der Waals surface area contributed by atoms with E-state index in [1.54, 1.807) is 17.0 Å². The SMILES string of the molecule is O=C(CCC(=O)N1CCOCC1)NCC(=O)Nc1ccccc1Br. The first kappa shape index (κ1) is 18.4. The highest BCUT2D eigenvalue weighted by Gasteiger charge is 2.17. The van der Waals surface area contributed by atoms with Crippen molar-refractivity contribution in [2.75, 3.05) is 38.2 Å². The first-order chi connectivity index (χ1) is 11.6. The molecule has 0 atom stereocenters. The lowest BCUT2D eigenvalue weighted by molar-refractivity contribution is -0.137. The van der Waals surface area contributed by atoms with Crippen LogP contribution in [0.5, 0.6) is 0 Å². The third-order valence-electron chi connectivity index (χ3n) is 3.52. The van der Waals surface area contributed by atoms with E-state index in [1.807, 2.05) is 12.1 Å². The Kier molecular flexibility index (Phi) is 7.20. The number of rotatable bonds is 6. The lowest BCUT2D eigenvalue weighted by Gasteiger charge is -2.26. The molecule has 1 heterocycles. The van der Waals surface area contributed by atoms with Crippen molar-refractivity contribution in [3.05, 3.63) is 28.7 Å². The minimum absolute atomic E-state index is 0.0638. The van der Waals surface area contributed by atoms with E-state index in [-0.39, 0.29) is 37.1 Å². The second kappa shape index (κ2) is 9.39. The van der Waals surface area contributed by atoms with Crippen LogP contribution in [0, 0.1) is 0 Å². The van der Waals surface area contributed by atoms with Crippen LogP contribution in [0.4, 0.5) is 5.69 Å². The molecule has 8 heteroatoms. The zero-order valence-corrected chi connectivity index (χ0v) is 14.8. The molecule has 2 rings (SSSR count). The second-order valence-corrected chi connectivity index (χ2v) is 6.15. The van der Waals surface area contributed by atoms with E-state index in [0.29, 0.717) is 32.0 Å². The molecule has 0 spiro atoms. The van der Waals surface area contributed by atoms with Crippen LogP contribution in [0.2, 0.25) is 0 Å². The van der Waals surface area contributed by atoms with E-state index >= 15 is 0 Å². The summed E-state index contributed by atoms with van der Waals surface area (Å²) >= 11 is 3.33. The Hall–Kier alpha value is -1.93. The maximum Gasteiger partial charge on any atom is 0.243 e. The summed E-state index contributed by atoms with van der Waals surface area (Å²) in [6.07, 6.45) is 0.205. The fourth-order valence-electron chi connectivity index (χ4n) is 2.22.